The summed E-state index contributed by atoms with van der Waals surface area (Å²) in [5.74, 6) is -0.132. The molecule has 1 heterocycles. The highest BCUT2D eigenvalue weighted by Crippen LogP contribution is 2.23. The summed E-state index contributed by atoms with van der Waals surface area (Å²) in [5, 5.41) is 9.71. The largest absolute Gasteiger partial charge is 0.301 e. The summed E-state index contributed by atoms with van der Waals surface area (Å²) in [5.41, 5.74) is 0. The Kier molecular flexibility index (Phi) is 5.45. The fourth-order valence-electron chi connectivity index (χ4n) is 1.17. The van der Waals surface area contributed by atoms with Gasteiger partial charge >= 0.3 is 0 Å². The summed E-state index contributed by atoms with van der Waals surface area (Å²) in [6.45, 7) is 3.51. The predicted molar refractivity (Wildman–Crippen MR) is 69.4 cm³/mol. The topological polar surface area (TPSA) is 92.3 Å². The minimum Gasteiger partial charge on any atom is -0.301 e. The van der Waals surface area contributed by atoms with Crippen molar-refractivity contribution < 1.29 is 13.2 Å². The Bertz CT molecular complexity index is 516. The quantitative estimate of drug-likeness (QED) is 0.618. The van der Waals surface area contributed by atoms with Crippen LogP contribution in [0.3, 0.4) is 0 Å². The molecule has 1 rings (SSSR count). The standard InChI is InChI=1S/C8H13ClN4O3S2/c1-3-13(5-4-9)18(15,16)8-12-11-7(17-8)10-6(2)14/h3-5H2,1-2H3,(H,10,11,14). The lowest BCUT2D eigenvalue weighted by atomic mass is 10.7. The molecule has 0 bridgehead atoms. The Balaban J connectivity index is 2.97. The van der Waals surface area contributed by atoms with Gasteiger partial charge in [-0.1, -0.05) is 18.3 Å². The van der Waals surface area contributed by atoms with Gasteiger partial charge in [-0.3, -0.25) is 4.79 Å². The van der Waals surface area contributed by atoms with Crippen molar-refractivity contribution in [1.82, 2.24) is 14.5 Å². The zero-order valence-electron chi connectivity index (χ0n) is 9.88. The molecule has 18 heavy (non-hydrogen) atoms. The average molecular weight is 313 g/mol. The number of hydrogen-bond donors (Lipinski definition) is 1. The number of halogens is 1. The van der Waals surface area contributed by atoms with E-state index in [0.717, 1.165) is 11.3 Å². The van der Waals surface area contributed by atoms with Gasteiger partial charge in [-0.05, 0) is 0 Å². The summed E-state index contributed by atoms with van der Waals surface area (Å²) >= 11 is 6.36. The molecule has 0 unspecified atom stereocenters. The van der Waals surface area contributed by atoms with Crippen LogP contribution in [0.1, 0.15) is 13.8 Å². The number of carbonyl (C=O) groups is 1. The Hall–Kier alpha value is -0.770. The molecule has 1 aromatic rings. The van der Waals surface area contributed by atoms with E-state index in [2.05, 4.69) is 15.5 Å². The average Bonchev–Trinajstić information content (AvgIpc) is 2.73. The van der Waals surface area contributed by atoms with E-state index >= 15 is 0 Å². The van der Waals surface area contributed by atoms with Crippen molar-refractivity contribution in [3.8, 4) is 0 Å². The third kappa shape index (κ3) is 3.61. The fourth-order valence-corrected chi connectivity index (χ4v) is 4.01. The molecule has 0 spiro atoms. The summed E-state index contributed by atoms with van der Waals surface area (Å²) in [4.78, 5) is 10.8. The number of hydrogen-bond acceptors (Lipinski definition) is 6. The Labute approximate surface area is 114 Å². The second-order valence-corrected chi connectivity index (χ2v) is 6.71. The predicted octanol–water partition coefficient (Wildman–Crippen LogP) is 0.746. The van der Waals surface area contributed by atoms with Crippen molar-refractivity contribution in [3.05, 3.63) is 0 Å². The van der Waals surface area contributed by atoms with Gasteiger partial charge in [-0.2, -0.15) is 4.31 Å². The number of nitrogens with one attached hydrogen (secondary N) is 1. The van der Waals surface area contributed by atoms with E-state index in [9.17, 15) is 13.2 Å². The molecule has 0 aliphatic rings. The summed E-state index contributed by atoms with van der Waals surface area (Å²) in [6, 6.07) is 0. The Morgan fingerprint density at radius 3 is 2.67 bits per heavy atom. The van der Waals surface area contributed by atoms with Gasteiger partial charge in [0, 0.05) is 25.9 Å². The van der Waals surface area contributed by atoms with Crippen LogP contribution < -0.4 is 5.32 Å². The van der Waals surface area contributed by atoms with Crippen molar-refractivity contribution >= 4 is 44.0 Å². The Morgan fingerprint density at radius 2 is 2.17 bits per heavy atom. The van der Waals surface area contributed by atoms with Crippen molar-refractivity contribution in [3.63, 3.8) is 0 Å². The minimum absolute atomic E-state index is 0.154. The normalized spacial score (nSPS) is 11.8. The molecule has 0 saturated heterocycles. The van der Waals surface area contributed by atoms with Crippen LogP contribution in [-0.4, -0.2) is 47.8 Å². The van der Waals surface area contributed by atoms with Gasteiger partial charge in [0.2, 0.25) is 15.4 Å². The molecular weight excluding hydrogens is 300 g/mol. The van der Waals surface area contributed by atoms with Crippen molar-refractivity contribution in [1.29, 1.82) is 0 Å². The molecule has 102 valence electrons. The van der Waals surface area contributed by atoms with Crippen LogP contribution in [0.5, 0.6) is 0 Å². The number of alkyl halides is 1. The third-order valence-electron chi connectivity index (χ3n) is 1.94. The van der Waals surface area contributed by atoms with Crippen LogP contribution >= 0.6 is 22.9 Å². The van der Waals surface area contributed by atoms with E-state index in [-0.39, 0.29) is 27.8 Å². The van der Waals surface area contributed by atoms with Gasteiger partial charge in [0.1, 0.15) is 0 Å². The first kappa shape index (κ1) is 15.3. The SMILES string of the molecule is CCN(CCCl)S(=O)(=O)c1nnc(NC(C)=O)s1. The van der Waals surface area contributed by atoms with E-state index in [1.165, 1.54) is 11.2 Å². The van der Waals surface area contributed by atoms with Gasteiger partial charge < -0.3 is 5.32 Å². The molecule has 0 aliphatic carbocycles. The zero-order chi connectivity index (χ0) is 13.8. The first-order valence-electron chi connectivity index (χ1n) is 5.09. The van der Waals surface area contributed by atoms with Gasteiger partial charge in [-0.15, -0.1) is 21.8 Å². The van der Waals surface area contributed by atoms with E-state index in [1.54, 1.807) is 6.92 Å². The number of carbonyl (C=O) groups excluding carboxylic acids is 1. The van der Waals surface area contributed by atoms with Crippen LogP contribution in [-0.2, 0) is 14.8 Å². The molecule has 1 N–H and O–H groups in total. The maximum atomic E-state index is 12.1. The molecule has 0 saturated carbocycles. The molecule has 0 atom stereocenters. The number of amides is 1. The number of rotatable bonds is 6. The smallest absolute Gasteiger partial charge is 0.272 e. The number of anilines is 1. The first-order chi connectivity index (χ1) is 8.41. The molecule has 0 aliphatic heterocycles. The Morgan fingerprint density at radius 1 is 1.50 bits per heavy atom. The summed E-state index contributed by atoms with van der Waals surface area (Å²) in [6.07, 6.45) is 0. The maximum absolute atomic E-state index is 12.1. The molecule has 10 heteroatoms. The lowest BCUT2D eigenvalue weighted by molar-refractivity contribution is -0.114. The lowest BCUT2D eigenvalue weighted by Gasteiger charge is -2.16. The summed E-state index contributed by atoms with van der Waals surface area (Å²) < 4.78 is 25.3. The lowest BCUT2D eigenvalue weighted by Crippen LogP contribution is -2.32. The van der Waals surface area contributed by atoms with Crippen molar-refractivity contribution in [2.75, 3.05) is 24.3 Å². The first-order valence-corrected chi connectivity index (χ1v) is 7.88. The fraction of sp³-hybridized carbons (Fsp3) is 0.625. The number of aromatic nitrogens is 2. The minimum atomic E-state index is -3.69. The molecule has 1 aromatic heterocycles. The van der Waals surface area contributed by atoms with E-state index < -0.39 is 10.0 Å². The highest BCUT2D eigenvalue weighted by atomic mass is 35.5. The van der Waals surface area contributed by atoms with Crippen LogP contribution in [0.2, 0.25) is 0 Å². The van der Waals surface area contributed by atoms with Gasteiger partial charge in [0.25, 0.3) is 10.0 Å². The summed E-state index contributed by atoms with van der Waals surface area (Å²) in [7, 11) is -3.69. The molecule has 1 amide bonds. The molecule has 0 aromatic carbocycles. The van der Waals surface area contributed by atoms with Crippen LogP contribution in [0, 0.1) is 0 Å². The van der Waals surface area contributed by atoms with Crippen LogP contribution in [0.4, 0.5) is 5.13 Å². The van der Waals surface area contributed by atoms with Gasteiger partial charge in [0.05, 0.1) is 0 Å². The molecule has 0 radical (unpaired) electrons. The number of nitrogens with zero attached hydrogens (tertiary/aromatic N) is 3. The van der Waals surface area contributed by atoms with Crippen molar-refractivity contribution in [2.45, 2.75) is 18.2 Å². The van der Waals surface area contributed by atoms with Crippen LogP contribution in [0.25, 0.3) is 0 Å². The van der Waals surface area contributed by atoms with Crippen LogP contribution in [0.15, 0.2) is 4.34 Å². The molecule has 7 nitrogen and oxygen atoms in total. The molecular formula is C8H13ClN4O3S2. The monoisotopic (exact) mass is 312 g/mol. The van der Waals surface area contributed by atoms with E-state index in [4.69, 9.17) is 11.6 Å². The van der Waals surface area contributed by atoms with Gasteiger partial charge in [0.15, 0.2) is 0 Å². The van der Waals surface area contributed by atoms with Gasteiger partial charge in [-0.25, -0.2) is 8.42 Å². The van der Waals surface area contributed by atoms with E-state index in [0.29, 0.717) is 6.54 Å². The number of sulfonamides is 1. The second-order valence-electron chi connectivity index (χ2n) is 3.24. The molecule has 0 fully saturated rings. The zero-order valence-corrected chi connectivity index (χ0v) is 12.3. The highest BCUT2D eigenvalue weighted by Gasteiger charge is 2.27. The second kappa shape index (κ2) is 6.41. The third-order valence-corrected chi connectivity index (χ3v) is 5.26. The van der Waals surface area contributed by atoms with E-state index in [1.807, 2.05) is 0 Å². The highest BCUT2D eigenvalue weighted by molar-refractivity contribution is 7.91. The van der Waals surface area contributed by atoms with Crippen molar-refractivity contribution in [2.24, 2.45) is 0 Å². The maximum Gasteiger partial charge on any atom is 0.272 e.